The Labute approximate surface area is 141 Å². The second-order valence-corrected chi connectivity index (χ2v) is 6.39. The summed E-state index contributed by atoms with van der Waals surface area (Å²) in [5.74, 6) is -0.859. The third kappa shape index (κ3) is 2.53. The first-order valence-corrected chi connectivity index (χ1v) is 7.92. The van der Waals surface area contributed by atoms with Gasteiger partial charge in [-0.15, -0.1) is 0 Å². The monoisotopic (exact) mass is 377 g/mol. The summed E-state index contributed by atoms with van der Waals surface area (Å²) >= 11 is 9.72. The van der Waals surface area contributed by atoms with Gasteiger partial charge in [-0.1, -0.05) is 51.8 Å². The normalized spacial score (nSPS) is 11.0. The van der Waals surface area contributed by atoms with Gasteiger partial charge in [0, 0.05) is 20.4 Å². The van der Waals surface area contributed by atoms with Crippen LogP contribution in [0.3, 0.4) is 0 Å². The highest BCUT2D eigenvalue weighted by Gasteiger charge is 2.18. The van der Waals surface area contributed by atoms with Crippen molar-refractivity contribution in [2.45, 2.75) is 13.3 Å². The highest BCUT2D eigenvalue weighted by atomic mass is 79.9. The van der Waals surface area contributed by atoms with E-state index in [1.807, 2.05) is 43.3 Å². The summed E-state index contributed by atoms with van der Waals surface area (Å²) in [6.07, 6.45) is -0.0439. The fraction of sp³-hybridized carbons (Fsp3) is 0.118. The lowest BCUT2D eigenvalue weighted by Crippen LogP contribution is -2.01. The average Bonchev–Trinajstić information content (AvgIpc) is 2.82. The van der Waals surface area contributed by atoms with Gasteiger partial charge in [0.05, 0.1) is 17.6 Å². The lowest BCUT2D eigenvalue weighted by atomic mass is 10.0. The highest BCUT2D eigenvalue weighted by molar-refractivity contribution is 9.10. The fourth-order valence-corrected chi connectivity index (χ4v) is 3.30. The van der Waals surface area contributed by atoms with Crippen LogP contribution in [0.15, 0.2) is 40.9 Å². The minimum Gasteiger partial charge on any atom is -0.481 e. The molecule has 0 bridgehead atoms. The molecular formula is C17H13BrClNO2. The Hall–Kier alpha value is -1.78. The van der Waals surface area contributed by atoms with Crippen LogP contribution in [0.4, 0.5) is 0 Å². The van der Waals surface area contributed by atoms with Crippen molar-refractivity contribution < 1.29 is 9.90 Å². The number of benzene rings is 2. The summed E-state index contributed by atoms with van der Waals surface area (Å²) in [4.78, 5) is 14.6. The molecule has 0 aliphatic carbocycles. The van der Waals surface area contributed by atoms with Crippen LogP contribution in [-0.4, -0.2) is 16.1 Å². The lowest BCUT2D eigenvalue weighted by molar-refractivity contribution is -0.136. The van der Waals surface area contributed by atoms with Crippen LogP contribution in [0.2, 0.25) is 5.02 Å². The number of aromatic nitrogens is 1. The number of hydrogen-bond donors (Lipinski definition) is 2. The van der Waals surface area contributed by atoms with Crippen LogP contribution in [0.5, 0.6) is 0 Å². The topological polar surface area (TPSA) is 53.1 Å². The zero-order valence-electron chi connectivity index (χ0n) is 11.8. The summed E-state index contributed by atoms with van der Waals surface area (Å²) in [7, 11) is 0. The molecule has 0 saturated heterocycles. The van der Waals surface area contributed by atoms with Gasteiger partial charge in [0.1, 0.15) is 0 Å². The Balaban J connectivity index is 2.36. The number of aliphatic carboxylic acids is 1. The molecule has 0 radical (unpaired) electrons. The van der Waals surface area contributed by atoms with Crippen molar-refractivity contribution >= 4 is 44.4 Å². The smallest absolute Gasteiger partial charge is 0.307 e. The Morgan fingerprint density at radius 2 is 2.00 bits per heavy atom. The molecule has 2 aromatic carbocycles. The number of carbonyl (C=O) groups is 1. The third-order valence-corrected chi connectivity index (χ3v) is 4.85. The molecule has 1 heterocycles. The highest BCUT2D eigenvalue weighted by Crippen LogP contribution is 2.37. The predicted molar refractivity (Wildman–Crippen MR) is 92.5 cm³/mol. The van der Waals surface area contributed by atoms with Crippen LogP contribution in [0, 0.1) is 6.92 Å². The summed E-state index contributed by atoms with van der Waals surface area (Å²) in [5, 5.41) is 10.8. The Kier molecular flexibility index (Phi) is 3.98. The van der Waals surface area contributed by atoms with E-state index in [0.29, 0.717) is 5.02 Å². The second-order valence-electron chi connectivity index (χ2n) is 5.12. The molecule has 22 heavy (non-hydrogen) atoms. The average molecular weight is 379 g/mol. The maximum absolute atomic E-state index is 11.3. The molecule has 0 aliphatic heterocycles. The van der Waals surface area contributed by atoms with Gasteiger partial charge in [-0.3, -0.25) is 4.79 Å². The molecule has 0 saturated carbocycles. The van der Waals surface area contributed by atoms with Gasteiger partial charge in [-0.2, -0.15) is 0 Å². The van der Waals surface area contributed by atoms with E-state index in [1.54, 1.807) is 0 Å². The molecule has 3 aromatic rings. The minimum atomic E-state index is -0.859. The molecule has 0 spiro atoms. The van der Waals surface area contributed by atoms with Crippen LogP contribution in [0.1, 0.15) is 11.1 Å². The number of carboxylic acids is 1. The Bertz CT molecular complexity index is 886. The molecule has 3 rings (SSSR count). The van der Waals surface area contributed by atoms with Gasteiger partial charge in [0.2, 0.25) is 0 Å². The van der Waals surface area contributed by atoms with Crippen LogP contribution >= 0.6 is 27.5 Å². The van der Waals surface area contributed by atoms with Crippen molar-refractivity contribution in [3.63, 3.8) is 0 Å². The predicted octanol–water partition coefficient (Wildman–Crippen LogP) is 5.19. The standard InChI is InChI=1S/C17H13BrClNO2/c1-9-14(19)7-6-10-12(8-15(21)22)17(20-16(9)10)11-4-2-3-5-13(11)18/h2-7,20H,8H2,1H3,(H,21,22). The first kappa shape index (κ1) is 15.1. The molecule has 1 aromatic heterocycles. The molecule has 0 aliphatic rings. The third-order valence-electron chi connectivity index (χ3n) is 3.75. The Morgan fingerprint density at radius 1 is 1.27 bits per heavy atom. The van der Waals surface area contributed by atoms with E-state index in [4.69, 9.17) is 11.6 Å². The lowest BCUT2D eigenvalue weighted by Gasteiger charge is -2.05. The van der Waals surface area contributed by atoms with Crippen molar-refractivity contribution in [3.8, 4) is 11.3 Å². The number of H-pyrrole nitrogens is 1. The SMILES string of the molecule is Cc1c(Cl)ccc2c(CC(=O)O)c(-c3ccccc3Br)[nH]c12. The summed E-state index contributed by atoms with van der Waals surface area (Å²) in [5.41, 5.74) is 4.33. The number of aromatic amines is 1. The minimum absolute atomic E-state index is 0.0439. The number of carboxylic acid groups (broad SMARTS) is 1. The van der Waals surface area contributed by atoms with Crippen molar-refractivity contribution in [1.29, 1.82) is 0 Å². The number of fused-ring (bicyclic) bond motifs is 1. The summed E-state index contributed by atoms with van der Waals surface area (Å²) in [6, 6.07) is 11.4. The van der Waals surface area contributed by atoms with Gasteiger partial charge in [0.25, 0.3) is 0 Å². The molecule has 0 amide bonds. The van der Waals surface area contributed by atoms with Crippen molar-refractivity contribution in [1.82, 2.24) is 4.98 Å². The van der Waals surface area contributed by atoms with E-state index in [2.05, 4.69) is 20.9 Å². The molecule has 0 fully saturated rings. The van der Waals surface area contributed by atoms with Crippen LogP contribution < -0.4 is 0 Å². The number of hydrogen-bond acceptors (Lipinski definition) is 1. The van der Waals surface area contributed by atoms with Gasteiger partial charge < -0.3 is 10.1 Å². The van der Waals surface area contributed by atoms with Crippen molar-refractivity contribution in [2.24, 2.45) is 0 Å². The van der Waals surface area contributed by atoms with Crippen LogP contribution in [0.25, 0.3) is 22.2 Å². The van der Waals surface area contributed by atoms with Gasteiger partial charge in [-0.25, -0.2) is 0 Å². The maximum atomic E-state index is 11.3. The fourth-order valence-electron chi connectivity index (χ4n) is 2.66. The van der Waals surface area contributed by atoms with E-state index in [-0.39, 0.29) is 6.42 Å². The van der Waals surface area contributed by atoms with E-state index >= 15 is 0 Å². The van der Waals surface area contributed by atoms with E-state index in [0.717, 1.165) is 37.8 Å². The molecule has 5 heteroatoms. The molecule has 3 nitrogen and oxygen atoms in total. The van der Waals surface area contributed by atoms with Crippen molar-refractivity contribution in [3.05, 3.63) is 57.0 Å². The molecule has 2 N–H and O–H groups in total. The second kappa shape index (κ2) is 5.78. The summed E-state index contributed by atoms with van der Waals surface area (Å²) in [6.45, 7) is 1.93. The number of halogens is 2. The number of aryl methyl sites for hydroxylation is 1. The number of nitrogens with one attached hydrogen (secondary N) is 1. The molecule has 0 unspecified atom stereocenters. The van der Waals surface area contributed by atoms with E-state index in [1.165, 1.54) is 0 Å². The number of rotatable bonds is 3. The summed E-state index contributed by atoms with van der Waals surface area (Å²) < 4.78 is 0.914. The van der Waals surface area contributed by atoms with Crippen molar-refractivity contribution in [2.75, 3.05) is 0 Å². The molecular weight excluding hydrogens is 366 g/mol. The zero-order valence-corrected chi connectivity index (χ0v) is 14.1. The largest absolute Gasteiger partial charge is 0.481 e. The Morgan fingerprint density at radius 3 is 2.68 bits per heavy atom. The van der Waals surface area contributed by atoms with Gasteiger partial charge in [0.15, 0.2) is 0 Å². The molecule has 0 atom stereocenters. The van der Waals surface area contributed by atoms with Crippen LogP contribution in [-0.2, 0) is 11.2 Å². The molecule has 112 valence electrons. The zero-order chi connectivity index (χ0) is 15.9. The quantitative estimate of drug-likeness (QED) is 0.659. The first-order valence-electron chi connectivity index (χ1n) is 6.75. The van der Waals surface area contributed by atoms with Gasteiger partial charge in [-0.05, 0) is 30.2 Å². The van der Waals surface area contributed by atoms with E-state index < -0.39 is 5.97 Å². The van der Waals surface area contributed by atoms with E-state index in [9.17, 15) is 9.90 Å². The maximum Gasteiger partial charge on any atom is 0.307 e. The first-order chi connectivity index (χ1) is 10.5. The van der Waals surface area contributed by atoms with Gasteiger partial charge >= 0.3 is 5.97 Å².